The molecular formula is H6NO6Rh-. The molecule has 0 aliphatic carbocycles. The van der Waals surface area contributed by atoms with E-state index in [1.165, 1.54) is 0 Å². The summed E-state index contributed by atoms with van der Waals surface area (Å²) in [7, 11) is 0. The summed E-state index contributed by atoms with van der Waals surface area (Å²) in [6.07, 6.45) is 0. The molecule has 6 N–H and O–H groups in total. The van der Waals surface area contributed by atoms with E-state index in [4.69, 9.17) is 15.3 Å². The van der Waals surface area contributed by atoms with Crippen LogP contribution in [0.4, 0.5) is 0 Å². The van der Waals surface area contributed by atoms with Crippen LogP contribution in [-0.4, -0.2) is 21.5 Å². The average Bonchev–Trinajstić information content (AvgIpc) is 0.811. The number of hydrogen-bond acceptors (Lipinski definition) is 3. The first-order valence-electron chi connectivity index (χ1n) is 0.548. The molecule has 0 amide bonds. The predicted molar refractivity (Wildman–Crippen MR) is 21.2 cm³/mol. The summed E-state index contributed by atoms with van der Waals surface area (Å²) < 4.78 is 0. The summed E-state index contributed by atoms with van der Waals surface area (Å²) in [5, 5.41) is 14.8. The van der Waals surface area contributed by atoms with Crippen LogP contribution in [0, 0.1) is 15.3 Å². The van der Waals surface area contributed by atoms with E-state index in [0.29, 0.717) is 0 Å². The number of nitrogens with zero attached hydrogens (tertiary/aromatic N) is 1. The van der Waals surface area contributed by atoms with Crippen molar-refractivity contribution in [2.75, 3.05) is 0 Å². The van der Waals surface area contributed by atoms with Crippen LogP contribution in [0.1, 0.15) is 0 Å². The minimum atomic E-state index is -1.75. The Bertz CT molecular complexity index is 31.5. The molecule has 8 heteroatoms. The van der Waals surface area contributed by atoms with Gasteiger partial charge in [-0.3, -0.25) is 0 Å². The smallest absolute Gasteiger partial charge is 0.0689 e. The van der Waals surface area contributed by atoms with E-state index >= 15 is 0 Å². The molecule has 0 bridgehead atoms. The van der Waals surface area contributed by atoms with Crippen LogP contribution in [0.25, 0.3) is 0 Å². The van der Waals surface area contributed by atoms with Gasteiger partial charge >= 0.3 is 0 Å². The molecule has 57 valence electrons. The Balaban J connectivity index is -0.00000000750. The molecule has 7 nitrogen and oxygen atoms in total. The molecule has 0 aliphatic heterocycles. The Hall–Kier alpha value is -0.297. The maximum absolute atomic E-state index is 8.25. The fourth-order valence-electron chi connectivity index (χ4n) is 0. The zero-order chi connectivity index (χ0) is 3.58. The van der Waals surface area contributed by atoms with Crippen molar-refractivity contribution in [3.8, 4) is 0 Å². The fraction of sp³-hybridized carbons (Fsp3) is 0. The van der Waals surface area contributed by atoms with Crippen molar-refractivity contribution >= 4 is 0 Å². The van der Waals surface area contributed by atoms with E-state index in [1.807, 2.05) is 0 Å². The van der Waals surface area contributed by atoms with Crippen molar-refractivity contribution in [2.45, 2.75) is 0 Å². The first kappa shape index (κ1) is 47.4. The second-order valence-electron chi connectivity index (χ2n) is 0.224. The first-order valence-corrected chi connectivity index (χ1v) is 0.548. The average molecular weight is 219 g/mol. The maximum atomic E-state index is 8.25. The molecule has 1 radical (unpaired) electrons. The van der Waals surface area contributed by atoms with Crippen LogP contribution in [-0.2, 0) is 19.5 Å². The quantitative estimate of drug-likeness (QED) is 0.246. The molecule has 0 aromatic heterocycles. The molecule has 0 fully saturated rings. The van der Waals surface area contributed by atoms with Gasteiger partial charge in [0, 0.05) is 19.5 Å². The van der Waals surface area contributed by atoms with Gasteiger partial charge in [-0.1, -0.05) is 0 Å². The van der Waals surface area contributed by atoms with Crippen LogP contribution in [0.2, 0.25) is 0 Å². The molecule has 0 spiro atoms. The molecule has 0 atom stereocenters. The van der Waals surface area contributed by atoms with E-state index in [1.54, 1.807) is 0 Å². The zero-order valence-corrected chi connectivity index (χ0v) is 5.14. The normalized spacial score (nSPS) is 3.00. The first-order chi connectivity index (χ1) is 1.73. The minimum absolute atomic E-state index is 0. The molecule has 0 aromatic rings. The minimum Gasteiger partial charge on any atom is -0.412 e. The Morgan fingerprint density at radius 2 is 1.00 bits per heavy atom. The SMILES string of the molecule is O.O.O.O=[N+]([O-])[O-].[Rh]. The molecule has 0 saturated heterocycles. The number of rotatable bonds is 0. The van der Waals surface area contributed by atoms with E-state index < -0.39 is 5.09 Å². The van der Waals surface area contributed by atoms with Gasteiger partial charge in [-0.15, -0.1) is 0 Å². The molecule has 0 heterocycles. The third-order valence-electron chi connectivity index (χ3n) is 0. The van der Waals surface area contributed by atoms with Crippen molar-refractivity contribution in [2.24, 2.45) is 0 Å². The molecule has 0 unspecified atom stereocenters. The molecular weight excluding hydrogens is 213 g/mol. The van der Waals surface area contributed by atoms with E-state index in [9.17, 15) is 0 Å². The monoisotopic (exact) mass is 219 g/mol. The topological polar surface area (TPSA) is 161 Å². The Morgan fingerprint density at radius 3 is 1.00 bits per heavy atom. The third kappa shape index (κ3) is 1430. The largest absolute Gasteiger partial charge is 0.412 e. The van der Waals surface area contributed by atoms with Gasteiger partial charge in [-0.2, -0.15) is 0 Å². The van der Waals surface area contributed by atoms with Gasteiger partial charge in [0.15, 0.2) is 0 Å². The maximum Gasteiger partial charge on any atom is 0.0689 e. The molecule has 0 aromatic carbocycles. The van der Waals surface area contributed by atoms with E-state index in [-0.39, 0.29) is 35.9 Å². The fourth-order valence-corrected chi connectivity index (χ4v) is 0. The summed E-state index contributed by atoms with van der Waals surface area (Å²) in [4.78, 5) is 8.25. The second-order valence-corrected chi connectivity index (χ2v) is 0.224. The molecule has 0 aliphatic rings. The van der Waals surface area contributed by atoms with Gasteiger partial charge in [0.05, 0.1) is 5.09 Å². The van der Waals surface area contributed by atoms with E-state index in [2.05, 4.69) is 0 Å². The summed E-state index contributed by atoms with van der Waals surface area (Å²) in [6.45, 7) is 0. The van der Waals surface area contributed by atoms with Crippen LogP contribution in [0.5, 0.6) is 0 Å². The van der Waals surface area contributed by atoms with Crippen molar-refractivity contribution < 1.29 is 41.0 Å². The van der Waals surface area contributed by atoms with Crippen LogP contribution >= 0.6 is 0 Å². The molecule has 0 rings (SSSR count). The van der Waals surface area contributed by atoms with Gasteiger partial charge in [-0.25, -0.2) is 0 Å². The van der Waals surface area contributed by atoms with Crippen LogP contribution in [0.15, 0.2) is 0 Å². The van der Waals surface area contributed by atoms with Crippen LogP contribution < -0.4 is 0 Å². The Labute approximate surface area is 57.1 Å². The summed E-state index contributed by atoms with van der Waals surface area (Å²) in [5.74, 6) is 0. The third-order valence-corrected chi connectivity index (χ3v) is 0. The van der Waals surface area contributed by atoms with Crippen molar-refractivity contribution in [3.63, 3.8) is 0 Å². The Kier molecular flexibility index (Phi) is 177. The Morgan fingerprint density at radius 1 is 1.00 bits per heavy atom. The summed E-state index contributed by atoms with van der Waals surface area (Å²) in [6, 6.07) is 0. The zero-order valence-electron chi connectivity index (χ0n) is 3.51. The van der Waals surface area contributed by atoms with E-state index in [0.717, 1.165) is 0 Å². The van der Waals surface area contributed by atoms with Gasteiger partial charge in [0.1, 0.15) is 0 Å². The van der Waals surface area contributed by atoms with Gasteiger partial charge in [-0.05, 0) is 0 Å². The predicted octanol–water partition coefficient (Wildman–Crippen LogP) is -2.72. The van der Waals surface area contributed by atoms with Crippen LogP contribution in [0.3, 0.4) is 0 Å². The summed E-state index contributed by atoms with van der Waals surface area (Å²) in [5.41, 5.74) is 0. The van der Waals surface area contributed by atoms with Crippen molar-refractivity contribution in [1.29, 1.82) is 0 Å². The molecule has 0 saturated carbocycles. The van der Waals surface area contributed by atoms with Crippen molar-refractivity contribution in [3.05, 3.63) is 15.3 Å². The van der Waals surface area contributed by atoms with Gasteiger partial charge in [0.2, 0.25) is 0 Å². The second kappa shape index (κ2) is 29.8. The van der Waals surface area contributed by atoms with Crippen molar-refractivity contribution in [1.82, 2.24) is 0 Å². The standard InChI is InChI=1S/NO3.3H2O.Rh/c2-1(3)4;;;;/h;3*1H2;/q-1;;;;. The summed E-state index contributed by atoms with van der Waals surface area (Å²) >= 11 is 0. The van der Waals surface area contributed by atoms with Gasteiger partial charge in [0.25, 0.3) is 0 Å². The number of hydrogen-bond donors (Lipinski definition) is 0. The molecule has 8 heavy (non-hydrogen) atoms. The van der Waals surface area contributed by atoms with Gasteiger partial charge < -0.3 is 31.8 Å².